The number of halogens is 2. The predicted octanol–water partition coefficient (Wildman–Crippen LogP) is 3.24. The number of nitrogens with one attached hydrogen (secondary N) is 1. The molecule has 0 amide bonds. The summed E-state index contributed by atoms with van der Waals surface area (Å²) in [7, 11) is 0. The molecule has 0 spiro atoms. The van der Waals surface area contributed by atoms with Crippen molar-refractivity contribution in [3.8, 4) is 5.75 Å². The second kappa shape index (κ2) is 4.95. The van der Waals surface area contributed by atoms with Crippen molar-refractivity contribution in [2.75, 3.05) is 13.2 Å². The van der Waals surface area contributed by atoms with Crippen molar-refractivity contribution < 1.29 is 9.84 Å². The van der Waals surface area contributed by atoms with E-state index in [4.69, 9.17) is 33.0 Å². The molecule has 0 fully saturated rings. The summed E-state index contributed by atoms with van der Waals surface area (Å²) in [5.74, 6) is 0.680. The van der Waals surface area contributed by atoms with Crippen LogP contribution < -0.4 is 4.74 Å². The fourth-order valence-corrected chi connectivity index (χ4v) is 1.90. The van der Waals surface area contributed by atoms with E-state index in [0.717, 1.165) is 10.9 Å². The molecule has 0 unspecified atom stereocenters. The molecular weight excluding hydrogens is 249 g/mol. The van der Waals surface area contributed by atoms with Crippen molar-refractivity contribution in [2.24, 2.45) is 0 Å². The Labute approximate surface area is 103 Å². The Morgan fingerprint density at radius 2 is 2.19 bits per heavy atom. The zero-order valence-electron chi connectivity index (χ0n) is 8.46. The Bertz CT molecular complexity index is 496. The van der Waals surface area contributed by atoms with Crippen LogP contribution in [0.15, 0.2) is 18.3 Å². The SMILES string of the molecule is OCCCOc1cc(Cl)c(Cl)c2[nH]ccc12. The summed E-state index contributed by atoms with van der Waals surface area (Å²) in [5.41, 5.74) is 0.771. The van der Waals surface area contributed by atoms with Crippen molar-refractivity contribution in [1.82, 2.24) is 4.98 Å². The highest BCUT2D eigenvalue weighted by Gasteiger charge is 2.11. The molecule has 0 aliphatic rings. The Morgan fingerprint density at radius 1 is 1.38 bits per heavy atom. The fourth-order valence-electron chi connectivity index (χ4n) is 1.50. The Hall–Kier alpha value is -0.900. The van der Waals surface area contributed by atoms with Crippen LogP contribution in [0.4, 0.5) is 0 Å². The van der Waals surface area contributed by atoms with Crippen LogP contribution in [0, 0.1) is 0 Å². The Kier molecular flexibility index (Phi) is 3.59. The van der Waals surface area contributed by atoms with E-state index >= 15 is 0 Å². The van der Waals surface area contributed by atoms with E-state index in [-0.39, 0.29) is 6.61 Å². The zero-order chi connectivity index (χ0) is 11.5. The minimum atomic E-state index is 0.109. The number of rotatable bonds is 4. The summed E-state index contributed by atoms with van der Waals surface area (Å²) in [4.78, 5) is 3.01. The molecule has 1 heterocycles. The number of fused-ring (bicyclic) bond motifs is 1. The largest absolute Gasteiger partial charge is 0.493 e. The summed E-state index contributed by atoms with van der Waals surface area (Å²) in [5, 5.41) is 10.5. The third kappa shape index (κ3) is 2.12. The first-order chi connectivity index (χ1) is 7.74. The standard InChI is InChI=1S/C11H11Cl2NO2/c12-8-6-9(16-5-1-4-15)7-2-3-14-11(7)10(8)13/h2-3,6,14-15H,1,4-5H2. The fraction of sp³-hybridized carbons (Fsp3) is 0.273. The van der Waals surface area contributed by atoms with Gasteiger partial charge in [0.15, 0.2) is 0 Å². The number of aliphatic hydroxyl groups excluding tert-OH is 1. The Balaban J connectivity index is 2.37. The van der Waals surface area contributed by atoms with E-state index in [1.807, 2.05) is 6.07 Å². The maximum absolute atomic E-state index is 8.68. The van der Waals surface area contributed by atoms with E-state index in [1.165, 1.54) is 0 Å². The first-order valence-electron chi connectivity index (χ1n) is 4.93. The highest BCUT2D eigenvalue weighted by atomic mass is 35.5. The van der Waals surface area contributed by atoms with Gasteiger partial charge in [-0.15, -0.1) is 0 Å². The number of benzene rings is 1. The molecule has 0 aliphatic heterocycles. The van der Waals surface area contributed by atoms with Crippen LogP contribution in [0.1, 0.15) is 6.42 Å². The molecule has 0 saturated heterocycles. The average Bonchev–Trinajstić information content (AvgIpc) is 2.74. The predicted molar refractivity (Wildman–Crippen MR) is 65.5 cm³/mol. The third-order valence-corrected chi connectivity index (χ3v) is 3.05. The summed E-state index contributed by atoms with van der Waals surface area (Å²) in [6.45, 7) is 0.562. The molecule has 1 aromatic carbocycles. The lowest BCUT2D eigenvalue weighted by Crippen LogP contribution is -2.00. The van der Waals surface area contributed by atoms with Gasteiger partial charge in [0.2, 0.25) is 0 Å². The van der Waals surface area contributed by atoms with Crippen LogP contribution >= 0.6 is 23.2 Å². The number of H-pyrrole nitrogens is 1. The quantitative estimate of drug-likeness (QED) is 0.829. The van der Waals surface area contributed by atoms with Gasteiger partial charge in [0.25, 0.3) is 0 Å². The van der Waals surface area contributed by atoms with Gasteiger partial charge in [-0.2, -0.15) is 0 Å². The highest BCUT2D eigenvalue weighted by Crippen LogP contribution is 2.36. The summed E-state index contributed by atoms with van der Waals surface area (Å²) < 4.78 is 5.53. The van der Waals surface area contributed by atoms with E-state index < -0.39 is 0 Å². The molecule has 0 radical (unpaired) electrons. The maximum Gasteiger partial charge on any atom is 0.130 e. The van der Waals surface area contributed by atoms with Gasteiger partial charge >= 0.3 is 0 Å². The van der Waals surface area contributed by atoms with Gasteiger partial charge in [0.1, 0.15) is 5.75 Å². The number of aromatic nitrogens is 1. The summed E-state index contributed by atoms with van der Waals surface area (Å²) in [6, 6.07) is 3.57. The second-order valence-corrected chi connectivity index (χ2v) is 4.15. The van der Waals surface area contributed by atoms with Crippen molar-refractivity contribution in [3.05, 3.63) is 28.4 Å². The topological polar surface area (TPSA) is 45.2 Å². The molecule has 2 N–H and O–H groups in total. The number of hydrogen-bond acceptors (Lipinski definition) is 2. The molecule has 16 heavy (non-hydrogen) atoms. The average molecular weight is 260 g/mol. The van der Waals surface area contributed by atoms with E-state index in [1.54, 1.807) is 12.3 Å². The molecule has 2 rings (SSSR count). The number of ether oxygens (including phenoxy) is 1. The van der Waals surface area contributed by atoms with E-state index in [0.29, 0.717) is 28.8 Å². The summed E-state index contributed by atoms with van der Waals surface area (Å²) >= 11 is 12.0. The van der Waals surface area contributed by atoms with Gasteiger partial charge in [-0.25, -0.2) is 0 Å². The summed E-state index contributed by atoms with van der Waals surface area (Å²) in [6.07, 6.45) is 2.37. The van der Waals surface area contributed by atoms with Crippen molar-refractivity contribution in [2.45, 2.75) is 6.42 Å². The smallest absolute Gasteiger partial charge is 0.130 e. The highest BCUT2D eigenvalue weighted by molar-refractivity contribution is 6.45. The van der Waals surface area contributed by atoms with Crippen LogP contribution in [-0.2, 0) is 0 Å². The van der Waals surface area contributed by atoms with Gasteiger partial charge in [-0.3, -0.25) is 0 Å². The lowest BCUT2D eigenvalue weighted by molar-refractivity contribution is 0.235. The third-order valence-electron chi connectivity index (χ3n) is 2.26. The number of hydrogen-bond donors (Lipinski definition) is 2. The molecule has 0 atom stereocenters. The minimum absolute atomic E-state index is 0.109. The monoisotopic (exact) mass is 259 g/mol. The van der Waals surface area contributed by atoms with Gasteiger partial charge in [0.05, 0.1) is 22.2 Å². The molecule has 86 valence electrons. The van der Waals surface area contributed by atoms with Gasteiger partial charge in [0, 0.05) is 30.7 Å². The molecule has 0 aliphatic carbocycles. The van der Waals surface area contributed by atoms with Crippen LogP contribution in [-0.4, -0.2) is 23.3 Å². The Morgan fingerprint density at radius 3 is 2.94 bits per heavy atom. The first kappa shape index (κ1) is 11.6. The second-order valence-electron chi connectivity index (χ2n) is 3.36. The van der Waals surface area contributed by atoms with E-state index in [9.17, 15) is 0 Å². The van der Waals surface area contributed by atoms with Crippen LogP contribution in [0.2, 0.25) is 10.0 Å². The normalized spacial score (nSPS) is 10.9. The van der Waals surface area contributed by atoms with E-state index in [2.05, 4.69) is 4.98 Å². The molecular formula is C11H11Cl2NO2. The molecule has 2 aromatic rings. The minimum Gasteiger partial charge on any atom is -0.493 e. The molecule has 0 bridgehead atoms. The number of aromatic amines is 1. The number of aliphatic hydroxyl groups is 1. The lowest BCUT2D eigenvalue weighted by Gasteiger charge is -2.08. The van der Waals surface area contributed by atoms with Crippen molar-refractivity contribution in [1.29, 1.82) is 0 Å². The van der Waals surface area contributed by atoms with Crippen LogP contribution in [0.3, 0.4) is 0 Å². The van der Waals surface area contributed by atoms with Crippen LogP contribution in [0.25, 0.3) is 10.9 Å². The lowest BCUT2D eigenvalue weighted by atomic mass is 10.2. The molecule has 0 saturated carbocycles. The van der Waals surface area contributed by atoms with Crippen LogP contribution in [0.5, 0.6) is 5.75 Å². The van der Waals surface area contributed by atoms with Gasteiger partial charge in [-0.1, -0.05) is 23.2 Å². The molecule has 3 nitrogen and oxygen atoms in total. The maximum atomic E-state index is 8.68. The molecule has 1 aromatic heterocycles. The molecule has 5 heteroatoms. The van der Waals surface area contributed by atoms with Gasteiger partial charge in [-0.05, 0) is 6.07 Å². The zero-order valence-corrected chi connectivity index (χ0v) is 9.98. The van der Waals surface area contributed by atoms with Crippen molar-refractivity contribution >= 4 is 34.1 Å². The van der Waals surface area contributed by atoms with Crippen molar-refractivity contribution in [3.63, 3.8) is 0 Å². The first-order valence-corrected chi connectivity index (χ1v) is 5.68. The van der Waals surface area contributed by atoms with Gasteiger partial charge < -0.3 is 14.8 Å².